The second-order valence-corrected chi connectivity index (χ2v) is 9.20. The fourth-order valence-corrected chi connectivity index (χ4v) is 5.83. The lowest BCUT2D eigenvalue weighted by Crippen LogP contribution is -2.50. The molecule has 1 atom stereocenters. The molecular formula is C25H19F2N3O3S. The summed E-state index contributed by atoms with van der Waals surface area (Å²) in [6.45, 7) is 1.45. The number of halogens is 2. The van der Waals surface area contributed by atoms with E-state index in [1.54, 1.807) is 18.2 Å². The SMILES string of the molecule is Cc1cccc2c1N(CC(=O)Nc1ccccc1F)C(=O)[C@@]21SCC(=O)N1c1ccc(F)cc1. The summed E-state index contributed by atoms with van der Waals surface area (Å²) in [6, 6.07) is 16.5. The van der Waals surface area contributed by atoms with Crippen LogP contribution in [0.15, 0.2) is 66.7 Å². The van der Waals surface area contributed by atoms with Gasteiger partial charge in [-0.15, -0.1) is 11.8 Å². The van der Waals surface area contributed by atoms with Gasteiger partial charge in [-0.05, 0) is 48.9 Å². The van der Waals surface area contributed by atoms with Crippen molar-refractivity contribution in [2.24, 2.45) is 0 Å². The highest BCUT2D eigenvalue weighted by atomic mass is 32.2. The highest BCUT2D eigenvalue weighted by molar-refractivity contribution is 8.02. The van der Waals surface area contributed by atoms with Crippen LogP contribution in [0.5, 0.6) is 0 Å². The molecule has 2 aliphatic heterocycles. The second-order valence-electron chi connectivity index (χ2n) is 8.03. The Hall–Kier alpha value is -3.72. The molecule has 0 bridgehead atoms. The Labute approximate surface area is 198 Å². The smallest absolute Gasteiger partial charge is 0.269 e. The molecule has 1 spiro atoms. The third kappa shape index (κ3) is 3.35. The zero-order valence-corrected chi connectivity index (χ0v) is 18.9. The van der Waals surface area contributed by atoms with Gasteiger partial charge in [0.25, 0.3) is 5.91 Å². The van der Waals surface area contributed by atoms with Gasteiger partial charge in [-0.2, -0.15) is 0 Å². The maximum Gasteiger partial charge on any atom is 0.269 e. The minimum absolute atomic E-state index is 0.0113. The molecule has 0 aliphatic carbocycles. The fraction of sp³-hybridized carbons (Fsp3) is 0.160. The quantitative estimate of drug-likeness (QED) is 0.609. The molecule has 0 aromatic heterocycles. The van der Waals surface area contributed by atoms with E-state index in [2.05, 4.69) is 5.32 Å². The van der Waals surface area contributed by atoms with Crippen LogP contribution >= 0.6 is 11.8 Å². The summed E-state index contributed by atoms with van der Waals surface area (Å²) in [5.41, 5.74) is 2.26. The van der Waals surface area contributed by atoms with Gasteiger partial charge in [0, 0.05) is 11.3 Å². The topological polar surface area (TPSA) is 69.7 Å². The van der Waals surface area contributed by atoms with Gasteiger partial charge in [-0.25, -0.2) is 8.78 Å². The highest BCUT2D eigenvalue weighted by Crippen LogP contribution is 2.56. The summed E-state index contributed by atoms with van der Waals surface area (Å²) in [4.78, 5) is 41.1. The molecule has 2 aliphatic rings. The number of fused-ring (bicyclic) bond motifs is 2. The lowest BCUT2D eigenvalue weighted by Gasteiger charge is -2.33. The van der Waals surface area contributed by atoms with E-state index in [0.717, 1.165) is 17.3 Å². The number of rotatable bonds is 4. The van der Waals surface area contributed by atoms with Crippen LogP contribution in [0.1, 0.15) is 11.1 Å². The first-order valence-corrected chi connectivity index (χ1v) is 11.5. The second kappa shape index (κ2) is 8.25. The molecule has 3 aromatic rings. The Balaban J connectivity index is 1.56. The normalized spacial score (nSPS) is 19.1. The summed E-state index contributed by atoms with van der Waals surface area (Å²) in [7, 11) is 0. The lowest BCUT2D eigenvalue weighted by molar-refractivity contribution is -0.124. The van der Waals surface area contributed by atoms with Crippen molar-refractivity contribution >= 4 is 46.5 Å². The summed E-state index contributed by atoms with van der Waals surface area (Å²) in [5, 5.41) is 2.51. The molecule has 1 saturated heterocycles. The number of nitrogens with one attached hydrogen (secondary N) is 1. The predicted octanol–water partition coefficient (Wildman–Crippen LogP) is 4.19. The van der Waals surface area contributed by atoms with E-state index in [0.29, 0.717) is 16.9 Å². The number of carbonyl (C=O) groups is 3. The zero-order valence-electron chi connectivity index (χ0n) is 18.0. The number of benzene rings is 3. The Bertz CT molecular complexity index is 1330. The number of anilines is 3. The van der Waals surface area contributed by atoms with Gasteiger partial charge in [0.05, 0.1) is 17.1 Å². The Morgan fingerprint density at radius 1 is 1.03 bits per heavy atom. The van der Waals surface area contributed by atoms with Gasteiger partial charge in [-0.1, -0.05) is 30.3 Å². The molecule has 0 radical (unpaired) electrons. The highest BCUT2D eigenvalue weighted by Gasteiger charge is 2.61. The Morgan fingerprint density at radius 3 is 2.50 bits per heavy atom. The minimum Gasteiger partial charge on any atom is -0.322 e. The zero-order chi connectivity index (χ0) is 24.0. The van der Waals surface area contributed by atoms with Crippen molar-refractivity contribution in [1.29, 1.82) is 0 Å². The van der Waals surface area contributed by atoms with Gasteiger partial charge in [0.1, 0.15) is 18.2 Å². The van der Waals surface area contributed by atoms with E-state index in [-0.39, 0.29) is 23.9 Å². The van der Waals surface area contributed by atoms with E-state index in [9.17, 15) is 23.2 Å². The molecule has 3 aromatic carbocycles. The van der Waals surface area contributed by atoms with Crippen LogP contribution in [0.25, 0.3) is 0 Å². The van der Waals surface area contributed by atoms with Crippen molar-refractivity contribution in [3.8, 4) is 0 Å². The molecule has 172 valence electrons. The first kappa shape index (κ1) is 22.1. The van der Waals surface area contributed by atoms with Crippen LogP contribution in [-0.2, 0) is 19.3 Å². The first-order valence-electron chi connectivity index (χ1n) is 10.5. The lowest BCUT2D eigenvalue weighted by atomic mass is 10.0. The average molecular weight is 480 g/mol. The van der Waals surface area contributed by atoms with Gasteiger partial charge in [0.15, 0.2) is 0 Å². The van der Waals surface area contributed by atoms with Crippen molar-refractivity contribution in [1.82, 2.24) is 0 Å². The summed E-state index contributed by atoms with van der Waals surface area (Å²) in [5.74, 6) is -2.33. The van der Waals surface area contributed by atoms with Gasteiger partial charge >= 0.3 is 0 Å². The number of thioether (sulfide) groups is 1. The predicted molar refractivity (Wildman–Crippen MR) is 127 cm³/mol. The monoisotopic (exact) mass is 479 g/mol. The number of para-hydroxylation sites is 2. The third-order valence-electron chi connectivity index (χ3n) is 5.91. The van der Waals surface area contributed by atoms with Crippen LogP contribution in [0, 0.1) is 18.6 Å². The van der Waals surface area contributed by atoms with Crippen LogP contribution in [0.3, 0.4) is 0 Å². The van der Waals surface area contributed by atoms with E-state index >= 15 is 0 Å². The molecule has 34 heavy (non-hydrogen) atoms. The van der Waals surface area contributed by atoms with E-state index in [4.69, 9.17) is 0 Å². The number of carbonyl (C=O) groups excluding carboxylic acids is 3. The molecule has 9 heteroatoms. The van der Waals surface area contributed by atoms with Crippen LogP contribution < -0.4 is 15.1 Å². The minimum atomic E-state index is -1.42. The fourth-order valence-electron chi connectivity index (χ4n) is 4.48. The summed E-state index contributed by atoms with van der Waals surface area (Å²) >= 11 is 1.16. The van der Waals surface area contributed by atoms with E-state index < -0.39 is 28.3 Å². The largest absolute Gasteiger partial charge is 0.322 e. The number of amides is 3. The number of hydrogen-bond donors (Lipinski definition) is 1. The molecule has 1 N–H and O–H groups in total. The van der Waals surface area contributed by atoms with Crippen molar-refractivity contribution in [3.63, 3.8) is 0 Å². The third-order valence-corrected chi connectivity index (χ3v) is 7.30. The van der Waals surface area contributed by atoms with Crippen molar-refractivity contribution in [3.05, 3.63) is 89.5 Å². The van der Waals surface area contributed by atoms with E-state index in [1.165, 1.54) is 52.3 Å². The molecular weight excluding hydrogens is 460 g/mol. The van der Waals surface area contributed by atoms with Gasteiger partial charge < -0.3 is 5.32 Å². The standard InChI is InChI=1S/C25H19F2N3O3S/c1-15-5-4-6-18-23(15)29(13-21(31)28-20-8-3-2-7-19(20)27)24(33)25(18)30(22(32)14-34-25)17-11-9-16(26)10-12-17/h2-12H,13-14H2,1H3,(H,28,31)/t25-/m0/s1. The number of nitrogens with zero attached hydrogens (tertiary/aromatic N) is 2. The molecule has 0 saturated carbocycles. The van der Waals surface area contributed by atoms with Gasteiger partial charge in [0.2, 0.25) is 16.7 Å². The molecule has 1 fully saturated rings. The van der Waals surface area contributed by atoms with Crippen molar-refractivity contribution in [2.75, 3.05) is 27.4 Å². The van der Waals surface area contributed by atoms with Crippen LogP contribution in [-0.4, -0.2) is 30.0 Å². The molecule has 0 unspecified atom stereocenters. The molecule has 6 nitrogen and oxygen atoms in total. The van der Waals surface area contributed by atoms with Crippen LogP contribution in [0.4, 0.5) is 25.8 Å². The van der Waals surface area contributed by atoms with E-state index in [1.807, 2.05) is 13.0 Å². The average Bonchev–Trinajstić information content (AvgIpc) is 3.28. The first-order chi connectivity index (χ1) is 16.3. The number of hydrogen-bond acceptors (Lipinski definition) is 4. The van der Waals surface area contributed by atoms with Crippen molar-refractivity contribution < 1.29 is 23.2 Å². The molecule has 2 heterocycles. The number of aryl methyl sites for hydroxylation is 1. The van der Waals surface area contributed by atoms with Gasteiger partial charge in [-0.3, -0.25) is 24.2 Å². The Morgan fingerprint density at radius 2 is 1.76 bits per heavy atom. The Kier molecular flexibility index (Phi) is 5.36. The van der Waals surface area contributed by atoms with Crippen LogP contribution in [0.2, 0.25) is 0 Å². The van der Waals surface area contributed by atoms with Crippen molar-refractivity contribution in [2.45, 2.75) is 11.8 Å². The maximum atomic E-state index is 14.0. The summed E-state index contributed by atoms with van der Waals surface area (Å²) < 4.78 is 27.6. The molecule has 3 amide bonds. The summed E-state index contributed by atoms with van der Waals surface area (Å²) in [6.07, 6.45) is 0. The maximum absolute atomic E-state index is 14.0. The molecule has 5 rings (SSSR count).